The first kappa shape index (κ1) is 16.9. The Morgan fingerprint density at radius 1 is 0.960 bits per heavy atom. The highest BCUT2D eigenvalue weighted by molar-refractivity contribution is 7.71. The number of H-pyrrole nitrogens is 4. The number of hydrogen-bond acceptors (Lipinski definition) is 6. The van der Waals surface area contributed by atoms with Gasteiger partial charge >= 0.3 is 0 Å². The fourth-order valence-electron chi connectivity index (χ4n) is 2.58. The lowest BCUT2D eigenvalue weighted by Crippen LogP contribution is -2.25. The van der Waals surface area contributed by atoms with Crippen molar-refractivity contribution in [3.63, 3.8) is 0 Å². The Morgan fingerprint density at radius 2 is 1.60 bits per heavy atom. The molecule has 0 saturated carbocycles. The molecule has 10 heteroatoms. The van der Waals surface area contributed by atoms with Crippen LogP contribution in [0, 0.1) is 9.54 Å². The summed E-state index contributed by atoms with van der Waals surface area (Å²) in [5.74, 6) is -1.29. The third-order valence-corrected chi connectivity index (χ3v) is 4.10. The first-order valence-electron chi connectivity index (χ1n) is 7.09. The van der Waals surface area contributed by atoms with Gasteiger partial charge in [-0.3, -0.25) is 19.6 Å². The minimum Gasteiger partial charge on any atom is -0.494 e. The van der Waals surface area contributed by atoms with E-state index in [2.05, 4.69) is 19.9 Å². The van der Waals surface area contributed by atoms with Crippen LogP contribution in [0.3, 0.4) is 0 Å². The van der Waals surface area contributed by atoms with Crippen LogP contribution in [0.4, 0.5) is 5.69 Å². The van der Waals surface area contributed by atoms with Crippen LogP contribution in [0.5, 0.6) is 5.88 Å². The normalized spacial score (nSPS) is 12.0. The maximum absolute atomic E-state index is 12.4. The van der Waals surface area contributed by atoms with E-state index in [0.717, 1.165) is 0 Å². The number of benzene rings is 1. The summed E-state index contributed by atoms with van der Waals surface area (Å²) < 4.78 is 0.124. The summed E-state index contributed by atoms with van der Waals surface area (Å²) in [7, 11) is 0. The summed E-state index contributed by atoms with van der Waals surface area (Å²) in [6, 6.07) is 6.61. The highest BCUT2D eigenvalue weighted by atomic mass is 32.1. The zero-order valence-electron chi connectivity index (χ0n) is 12.6. The molecule has 3 aromatic rings. The zero-order valence-corrected chi connectivity index (χ0v) is 14.3. The van der Waals surface area contributed by atoms with Crippen LogP contribution in [-0.4, -0.2) is 25.0 Å². The molecule has 8 nitrogen and oxygen atoms in total. The first-order chi connectivity index (χ1) is 11.9. The summed E-state index contributed by atoms with van der Waals surface area (Å²) in [5, 5.41) is 10.3. The summed E-state index contributed by atoms with van der Waals surface area (Å²) in [6.07, 6.45) is 1.41. The lowest BCUT2D eigenvalue weighted by molar-refractivity contribution is 0.440. The Morgan fingerprint density at radius 3 is 2.20 bits per heavy atom. The fraction of sp³-hybridized carbons (Fsp3) is 0.0667. The second-order valence-corrected chi connectivity index (χ2v) is 6.11. The molecular weight excluding hydrogens is 362 g/mol. The number of aromatic amines is 4. The SMILES string of the molecule is Nc1ccc(C(c2c[nH]c(=S)[nH]c2=O)c2c(O)[nH]c(=S)[nH]c2=O)cc1. The quantitative estimate of drug-likeness (QED) is 0.303. The monoisotopic (exact) mass is 375 g/mol. The fourth-order valence-corrected chi connectivity index (χ4v) is 2.92. The molecule has 0 aliphatic heterocycles. The molecule has 1 aromatic carbocycles. The minimum absolute atomic E-state index is 0.0244. The molecule has 0 bridgehead atoms. The lowest BCUT2D eigenvalue weighted by atomic mass is 9.87. The van der Waals surface area contributed by atoms with E-state index < -0.39 is 22.9 Å². The zero-order chi connectivity index (χ0) is 18.1. The Bertz CT molecular complexity index is 1160. The van der Waals surface area contributed by atoms with Gasteiger partial charge in [-0.2, -0.15) is 0 Å². The molecule has 2 aromatic heterocycles. The van der Waals surface area contributed by atoms with Gasteiger partial charge in [0.15, 0.2) is 15.4 Å². The standard InChI is InChI=1S/C15H13N5O3S2/c16-7-3-1-6(2-4-7)9(8-5-17-14(24)18-11(8)21)10-12(22)19-15(25)20-13(10)23/h1-5,9H,16H2,(H2,17,18,21,24)(H3,19,20,22,23,25). The topological polar surface area (TPSA) is 144 Å². The summed E-state index contributed by atoms with van der Waals surface area (Å²) in [5.41, 5.74) is 5.88. The average molecular weight is 375 g/mol. The van der Waals surface area contributed by atoms with Crippen LogP contribution in [0.15, 0.2) is 40.1 Å². The van der Waals surface area contributed by atoms with Crippen molar-refractivity contribution in [3.8, 4) is 5.88 Å². The third kappa shape index (κ3) is 3.30. The van der Waals surface area contributed by atoms with E-state index in [1.54, 1.807) is 24.3 Å². The van der Waals surface area contributed by atoms with Crippen molar-refractivity contribution in [3.05, 3.63) is 77.4 Å². The molecule has 0 aliphatic carbocycles. The maximum Gasteiger partial charge on any atom is 0.259 e. The van der Waals surface area contributed by atoms with Crippen molar-refractivity contribution in [1.29, 1.82) is 0 Å². The van der Waals surface area contributed by atoms with Crippen molar-refractivity contribution in [2.75, 3.05) is 5.73 Å². The van der Waals surface area contributed by atoms with E-state index in [0.29, 0.717) is 11.3 Å². The summed E-state index contributed by atoms with van der Waals surface area (Å²) in [4.78, 5) is 34.9. The third-order valence-electron chi connectivity index (χ3n) is 3.68. The Balaban J connectivity index is 2.36. The second kappa shape index (κ2) is 6.49. The molecule has 1 atom stereocenters. The molecule has 25 heavy (non-hydrogen) atoms. The van der Waals surface area contributed by atoms with Crippen molar-refractivity contribution in [2.24, 2.45) is 0 Å². The Kier molecular flexibility index (Phi) is 4.38. The van der Waals surface area contributed by atoms with Gasteiger partial charge in [-0.1, -0.05) is 12.1 Å². The van der Waals surface area contributed by atoms with Crippen LogP contribution in [0.2, 0.25) is 0 Å². The van der Waals surface area contributed by atoms with Crippen LogP contribution in [0.25, 0.3) is 0 Å². The highest BCUT2D eigenvalue weighted by Gasteiger charge is 2.26. The molecule has 0 spiro atoms. The van der Waals surface area contributed by atoms with Gasteiger partial charge < -0.3 is 20.8 Å². The molecular formula is C15H13N5O3S2. The van der Waals surface area contributed by atoms with E-state index in [1.165, 1.54) is 6.20 Å². The maximum atomic E-state index is 12.4. The van der Waals surface area contributed by atoms with Gasteiger partial charge in [0.2, 0.25) is 0 Å². The van der Waals surface area contributed by atoms with Gasteiger partial charge in [0.05, 0.1) is 11.5 Å². The first-order valence-corrected chi connectivity index (χ1v) is 7.91. The van der Waals surface area contributed by atoms with Crippen LogP contribution in [0.1, 0.15) is 22.6 Å². The minimum atomic E-state index is -0.869. The van der Waals surface area contributed by atoms with Crippen molar-refractivity contribution in [2.45, 2.75) is 5.92 Å². The molecule has 2 heterocycles. The van der Waals surface area contributed by atoms with E-state index in [4.69, 9.17) is 30.2 Å². The molecule has 128 valence electrons. The van der Waals surface area contributed by atoms with Crippen LogP contribution >= 0.6 is 24.4 Å². The van der Waals surface area contributed by atoms with Gasteiger partial charge in [-0.05, 0) is 42.1 Å². The van der Waals surface area contributed by atoms with Crippen molar-refractivity contribution in [1.82, 2.24) is 19.9 Å². The number of aromatic nitrogens is 4. The molecule has 0 saturated heterocycles. The number of rotatable bonds is 3. The number of nitrogens with one attached hydrogen (secondary N) is 4. The molecule has 0 radical (unpaired) electrons. The molecule has 0 aliphatic rings. The highest BCUT2D eigenvalue weighted by Crippen LogP contribution is 2.31. The molecule has 0 fully saturated rings. The average Bonchev–Trinajstić information content (AvgIpc) is 2.52. The second-order valence-electron chi connectivity index (χ2n) is 5.30. The number of aromatic hydroxyl groups is 1. The largest absolute Gasteiger partial charge is 0.494 e. The Hall–Kier alpha value is -2.98. The van der Waals surface area contributed by atoms with Crippen LogP contribution < -0.4 is 16.9 Å². The summed E-state index contributed by atoms with van der Waals surface area (Å²) >= 11 is 9.75. The number of nitrogen functional groups attached to an aromatic ring is 1. The molecule has 0 amide bonds. The Labute approximate surface area is 150 Å². The van der Waals surface area contributed by atoms with E-state index in [9.17, 15) is 14.7 Å². The van der Waals surface area contributed by atoms with Gasteiger partial charge in [0.25, 0.3) is 11.1 Å². The molecule has 3 rings (SSSR count). The predicted octanol–water partition coefficient (Wildman–Crippen LogP) is 1.65. The van der Waals surface area contributed by atoms with Crippen molar-refractivity contribution < 1.29 is 5.11 Å². The van der Waals surface area contributed by atoms with E-state index >= 15 is 0 Å². The van der Waals surface area contributed by atoms with E-state index in [1.807, 2.05) is 0 Å². The van der Waals surface area contributed by atoms with E-state index in [-0.39, 0.29) is 20.7 Å². The van der Waals surface area contributed by atoms with Crippen molar-refractivity contribution >= 4 is 30.1 Å². The smallest absolute Gasteiger partial charge is 0.259 e. The number of nitrogens with two attached hydrogens (primary N) is 1. The number of anilines is 1. The van der Waals surface area contributed by atoms with Gasteiger partial charge in [-0.15, -0.1) is 0 Å². The van der Waals surface area contributed by atoms with Crippen LogP contribution in [-0.2, 0) is 0 Å². The number of hydrogen-bond donors (Lipinski definition) is 6. The van der Waals surface area contributed by atoms with Gasteiger partial charge in [0, 0.05) is 17.4 Å². The summed E-state index contributed by atoms with van der Waals surface area (Å²) in [6.45, 7) is 0. The molecule has 7 N–H and O–H groups in total. The van der Waals surface area contributed by atoms with Gasteiger partial charge in [-0.25, -0.2) is 0 Å². The van der Waals surface area contributed by atoms with Gasteiger partial charge in [0.1, 0.15) is 0 Å². The molecule has 1 unspecified atom stereocenters. The lowest BCUT2D eigenvalue weighted by Gasteiger charge is -2.17. The predicted molar refractivity (Wildman–Crippen MR) is 98.0 cm³/mol.